The van der Waals surface area contributed by atoms with Crippen molar-refractivity contribution < 1.29 is 42.5 Å². The number of halogens is 1. The summed E-state index contributed by atoms with van der Waals surface area (Å²) in [5.41, 5.74) is 0. The van der Waals surface area contributed by atoms with E-state index in [0.717, 1.165) is 0 Å². The van der Waals surface area contributed by atoms with Crippen LogP contribution in [0.5, 0.6) is 0 Å². The predicted molar refractivity (Wildman–Crippen MR) is 9.74 cm³/mol. The standard InChI is InChI=1S/CH3.FHO.Rf.Y/c;1-2;;/h1H3;2H;;/q-1;;;. The van der Waals surface area contributed by atoms with E-state index in [0.29, 0.717) is 0 Å². The molecule has 1 radical (unpaired) electrons. The molecule has 0 aliphatic rings. The van der Waals surface area contributed by atoms with Gasteiger partial charge in [-0.15, -0.1) is 0 Å². The van der Waals surface area contributed by atoms with E-state index in [9.17, 15) is 0 Å². The summed E-state index contributed by atoms with van der Waals surface area (Å²) >= 11 is 0. The Morgan fingerprint density at radius 1 is 1.20 bits per heavy atom. The Hall–Kier alpha value is -0.00610. The summed E-state index contributed by atoms with van der Waals surface area (Å²) in [4.78, 5) is 0. The molecule has 0 fully saturated rings. The number of hydrogen-bond donors (Lipinski definition) is 1. The molecule has 1 N–H and O–H groups in total. The fourth-order valence-electron chi connectivity index (χ4n) is 0. The summed E-state index contributed by atoms with van der Waals surface area (Å²) in [5, 5.41) is 5.50. The molecule has 0 amide bonds. The van der Waals surface area contributed by atoms with Crippen molar-refractivity contribution in [3.63, 3.8) is 0 Å². The largest absolute Gasteiger partial charge is 0.358 e. The second-order valence-corrected chi connectivity index (χ2v) is 0. The molecule has 4 heteroatoms. The third-order valence-electron chi connectivity index (χ3n) is 0. The van der Waals surface area contributed by atoms with E-state index in [1.165, 1.54) is 0 Å². The first kappa shape index (κ1) is 80.6. The van der Waals surface area contributed by atoms with Crippen LogP contribution in [-0.2, 0) is 32.7 Å². The van der Waals surface area contributed by atoms with Crippen LogP contribution in [0.4, 0.5) is 4.53 Å². The minimum absolute atomic E-state index is 0. The summed E-state index contributed by atoms with van der Waals surface area (Å²) in [5.74, 6) is 0. The zero-order chi connectivity index (χ0) is 2.00. The van der Waals surface area contributed by atoms with Crippen LogP contribution in [0.25, 0.3) is 0 Å². The average Bonchev–Trinajstić information content (AvgIpc) is 1.00. The summed E-state index contributed by atoms with van der Waals surface area (Å²) < 4.78 is 8.50. The number of rotatable bonds is 0. The van der Waals surface area contributed by atoms with Gasteiger partial charge in [0, 0.05) is 32.7 Å². The Balaban J connectivity index is -0.00000000167. The van der Waals surface area contributed by atoms with Crippen molar-refractivity contribution in [2.75, 3.05) is 0 Å². The molecule has 0 saturated carbocycles. The Morgan fingerprint density at radius 3 is 1.20 bits per heavy atom. The molecular formula is CH4FORfY-. The first-order valence-corrected chi connectivity index (χ1v) is 0.169. The molecule has 5 heavy (non-hydrogen) atoms. The first-order chi connectivity index (χ1) is 1.00. The molecule has 0 aliphatic heterocycles. The molecule has 0 aromatic carbocycles. The van der Waals surface area contributed by atoms with Crippen LogP contribution in [-0.4, -0.2) is 5.31 Å². The normalized spacial score (nSPS) is 1.20. The van der Waals surface area contributed by atoms with Gasteiger partial charge in [0.15, 0.2) is 0 Å². The van der Waals surface area contributed by atoms with Gasteiger partial charge in [-0.25, -0.2) is 5.31 Å². The average molecular weight is 407 g/mol. The van der Waals surface area contributed by atoms with Crippen LogP contribution in [0.3, 0.4) is 0 Å². The third-order valence-corrected chi connectivity index (χ3v) is 0. The van der Waals surface area contributed by atoms with E-state index in [1.807, 2.05) is 0 Å². The van der Waals surface area contributed by atoms with E-state index >= 15 is 0 Å². The topological polar surface area (TPSA) is 20.2 Å². The molecule has 0 rings (SSSR count). The molecule has 0 atom stereocenters. The molecule has 0 aromatic rings. The molecular weight excluding hydrogens is 403 g/mol. The van der Waals surface area contributed by atoms with Gasteiger partial charge in [0.25, 0.3) is 0 Å². The van der Waals surface area contributed by atoms with Crippen LogP contribution in [0.2, 0.25) is 0 Å². The second kappa shape index (κ2) is 961000. The molecule has 0 aromatic heterocycles. The Morgan fingerprint density at radius 2 is 1.20 bits per heavy atom. The smallest absolute Gasteiger partial charge is 0 e. The Bertz CT molecular complexity index is 11.6. The summed E-state index contributed by atoms with van der Waals surface area (Å²) in [6, 6.07) is 0. The first-order valence-electron chi connectivity index (χ1n) is 0.169. The van der Waals surface area contributed by atoms with Crippen molar-refractivity contribution in [1.29, 1.82) is 0 Å². The summed E-state index contributed by atoms with van der Waals surface area (Å²) in [6.07, 6.45) is 0. The summed E-state index contributed by atoms with van der Waals surface area (Å²) in [7, 11) is 0. The molecule has 0 bridgehead atoms. The van der Waals surface area contributed by atoms with Crippen LogP contribution in [0.1, 0.15) is 0 Å². The zero-order valence-corrected chi connectivity index (χ0v) is 12.3. The van der Waals surface area contributed by atoms with Crippen molar-refractivity contribution in [1.82, 2.24) is 0 Å². The fraction of sp³-hybridized carbons (Fsp3) is 0. The number of hydrogen-bond acceptors (Lipinski definition) is 1. The van der Waals surface area contributed by atoms with Crippen LogP contribution in [0, 0.1) is 7.43 Å². The van der Waals surface area contributed by atoms with Gasteiger partial charge in [-0.2, -0.15) is 0 Å². The van der Waals surface area contributed by atoms with Gasteiger partial charge in [0.05, 0.1) is 0 Å². The predicted octanol–water partition coefficient (Wildman–Crippen LogP) is 0.311. The van der Waals surface area contributed by atoms with Gasteiger partial charge in [0.1, 0.15) is 0 Å². The fourth-order valence-corrected chi connectivity index (χ4v) is 0. The van der Waals surface area contributed by atoms with Gasteiger partial charge in [-0.1, -0.05) is 4.53 Å². The zero-order valence-electron chi connectivity index (χ0n) is 3.11. The maximum atomic E-state index is 8.50. The van der Waals surface area contributed by atoms with Crippen molar-refractivity contribution in [3.05, 3.63) is 7.43 Å². The second-order valence-electron chi connectivity index (χ2n) is 0. The summed E-state index contributed by atoms with van der Waals surface area (Å²) in [6.45, 7) is 0. The molecule has 0 heterocycles. The minimum Gasteiger partial charge on any atom is -0.358 e. The van der Waals surface area contributed by atoms with Gasteiger partial charge < -0.3 is 7.43 Å². The van der Waals surface area contributed by atoms with Gasteiger partial charge in [-0.3, -0.25) is 0 Å². The molecule has 0 aliphatic carbocycles. The quantitative estimate of drug-likeness (QED) is 0.574. The molecule has 27 valence electrons. The SMILES string of the molecule is OF.[CH3-].[Rf].[Y]. The van der Waals surface area contributed by atoms with E-state index in [4.69, 9.17) is 9.84 Å². The van der Waals surface area contributed by atoms with Crippen LogP contribution < -0.4 is 0 Å². The third kappa shape index (κ3) is 426000. The van der Waals surface area contributed by atoms with E-state index < -0.39 is 0 Å². The maximum absolute atomic E-state index is 8.50. The van der Waals surface area contributed by atoms with Crippen LogP contribution >= 0.6 is 0 Å². The van der Waals surface area contributed by atoms with E-state index in [1.54, 1.807) is 0 Å². The molecule has 0 unspecified atom stereocenters. The van der Waals surface area contributed by atoms with Crippen molar-refractivity contribution in [2.45, 2.75) is 0 Å². The van der Waals surface area contributed by atoms with Gasteiger partial charge in [0.2, 0.25) is 0 Å². The molecule has 0 spiro atoms. The van der Waals surface area contributed by atoms with Crippen LogP contribution in [0.15, 0.2) is 0 Å². The van der Waals surface area contributed by atoms with Crippen molar-refractivity contribution in [2.24, 2.45) is 0 Å². The monoisotopic (exact) mass is 407 g/mol. The maximum Gasteiger partial charge on any atom is 0 e. The Kier molecular flexibility index (Phi) is 15500000. The van der Waals surface area contributed by atoms with E-state index in [-0.39, 0.29) is 40.1 Å². The van der Waals surface area contributed by atoms with E-state index in [2.05, 4.69) is 0 Å². The van der Waals surface area contributed by atoms with Gasteiger partial charge >= 0.3 is 0 Å². The van der Waals surface area contributed by atoms with Crippen molar-refractivity contribution in [3.8, 4) is 0 Å². The minimum atomic E-state index is 0. The van der Waals surface area contributed by atoms with Crippen molar-refractivity contribution >= 4 is 0 Å². The Labute approximate surface area is 50.0 Å². The molecule has 0 saturated heterocycles. The molecule has 1 nitrogen and oxygen atoms in total. The van der Waals surface area contributed by atoms with Gasteiger partial charge in [-0.05, 0) is 0 Å².